The lowest BCUT2D eigenvalue weighted by Crippen LogP contribution is -2.33. The van der Waals surface area contributed by atoms with Crippen LogP contribution in [0.4, 0.5) is 0 Å². The largest absolute Gasteiger partial charge is 0.479 e. The van der Waals surface area contributed by atoms with Gasteiger partial charge in [0.2, 0.25) is 6.10 Å². The minimum absolute atomic E-state index is 0.125. The van der Waals surface area contributed by atoms with E-state index in [4.69, 9.17) is 33.1 Å². The molecule has 2 rings (SSSR count). The van der Waals surface area contributed by atoms with E-state index in [9.17, 15) is 4.79 Å². The van der Waals surface area contributed by atoms with Crippen LogP contribution in [-0.4, -0.2) is 11.1 Å². The molecule has 0 spiro atoms. The molecule has 1 aliphatic rings. The van der Waals surface area contributed by atoms with Crippen LogP contribution in [0.25, 0.3) is 0 Å². The molecule has 0 fully saturated rings. The van der Waals surface area contributed by atoms with Gasteiger partial charge in [0.15, 0.2) is 0 Å². The van der Waals surface area contributed by atoms with Crippen LogP contribution in [0.3, 0.4) is 0 Å². The number of hydrogen-bond acceptors (Lipinski definition) is 3. The first-order valence-electron chi connectivity index (χ1n) is 4.64. The molecule has 0 bridgehead atoms. The number of hydrogen-bond donors (Lipinski definition) is 2. The van der Waals surface area contributed by atoms with Crippen LogP contribution >= 0.6 is 23.2 Å². The highest BCUT2D eigenvalue weighted by atomic mass is 35.5. The Morgan fingerprint density at radius 3 is 2.81 bits per heavy atom. The van der Waals surface area contributed by atoms with Crippen molar-refractivity contribution in [3.05, 3.63) is 33.3 Å². The van der Waals surface area contributed by atoms with Crippen LogP contribution in [0.2, 0.25) is 10.0 Å². The molecule has 16 heavy (non-hydrogen) atoms. The van der Waals surface area contributed by atoms with E-state index in [0.717, 1.165) is 5.56 Å². The number of fused-ring (bicyclic) bond motifs is 1. The predicted octanol–water partition coefficient (Wildman–Crippen LogP) is 2.71. The van der Waals surface area contributed by atoms with Crippen molar-refractivity contribution >= 4 is 29.2 Å². The van der Waals surface area contributed by atoms with Gasteiger partial charge in [0.25, 0.3) is 0 Å². The first-order chi connectivity index (χ1) is 7.52. The summed E-state index contributed by atoms with van der Waals surface area (Å²) in [5.74, 6) is -1.11. The Balaban J connectivity index is 2.62. The van der Waals surface area contributed by atoms with Gasteiger partial charge in [-0.3, -0.25) is 4.84 Å². The van der Waals surface area contributed by atoms with Crippen molar-refractivity contribution in [3.8, 4) is 0 Å². The first kappa shape index (κ1) is 11.7. The Kier molecular flexibility index (Phi) is 3.08. The molecular formula is C10H9Cl2NO3. The molecule has 0 aliphatic carbocycles. The maximum Gasteiger partial charge on any atom is 0.339 e. The number of carboxylic acid groups (broad SMARTS) is 1. The Morgan fingerprint density at radius 1 is 1.50 bits per heavy atom. The lowest BCUT2D eigenvalue weighted by Gasteiger charge is -2.29. The van der Waals surface area contributed by atoms with Crippen LogP contribution in [0.1, 0.15) is 30.2 Å². The fourth-order valence-corrected chi connectivity index (χ4v) is 2.13. The second-order valence-corrected chi connectivity index (χ2v) is 4.33. The van der Waals surface area contributed by atoms with Crippen molar-refractivity contribution in [1.82, 2.24) is 5.48 Å². The van der Waals surface area contributed by atoms with Gasteiger partial charge in [0, 0.05) is 5.56 Å². The van der Waals surface area contributed by atoms with Crippen LogP contribution < -0.4 is 5.48 Å². The summed E-state index contributed by atoms with van der Waals surface area (Å²) in [4.78, 5) is 16.0. The van der Waals surface area contributed by atoms with Crippen LogP contribution in [0.15, 0.2) is 12.1 Å². The SMILES string of the molecule is CC1NOC(C(=O)O)c2c1ccc(Cl)c2Cl. The van der Waals surface area contributed by atoms with E-state index in [2.05, 4.69) is 5.48 Å². The van der Waals surface area contributed by atoms with Gasteiger partial charge >= 0.3 is 5.97 Å². The monoisotopic (exact) mass is 261 g/mol. The molecule has 1 heterocycles. The number of nitrogens with one attached hydrogen (secondary N) is 1. The average molecular weight is 262 g/mol. The van der Waals surface area contributed by atoms with Gasteiger partial charge in [0.05, 0.1) is 16.1 Å². The molecular weight excluding hydrogens is 253 g/mol. The number of carboxylic acids is 1. The first-order valence-corrected chi connectivity index (χ1v) is 5.39. The van der Waals surface area contributed by atoms with E-state index < -0.39 is 12.1 Å². The summed E-state index contributed by atoms with van der Waals surface area (Å²) < 4.78 is 0. The molecule has 0 amide bonds. The summed E-state index contributed by atoms with van der Waals surface area (Å²) in [5, 5.41) is 9.58. The quantitative estimate of drug-likeness (QED) is 0.816. The zero-order valence-corrected chi connectivity index (χ0v) is 9.84. The summed E-state index contributed by atoms with van der Waals surface area (Å²) in [6.07, 6.45) is -1.13. The maximum absolute atomic E-state index is 11.0. The third kappa shape index (κ3) is 1.78. The van der Waals surface area contributed by atoms with Gasteiger partial charge in [-0.25, -0.2) is 4.79 Å². The third-order valence-electron chi connectivity index (χ3n) is 2.48. The molecule has 0 aromatic heterocycles. The fourth-order valence-electron chi connectivity index (χ4n) is 1.69. The van der Waals surface area contributed by atoms with Gasteiger partial charge < -0.3 is 5.11 Å². The topological polar surface area (TPSA) is 58.6 Å². The Hall–Kier alpha value is -0.810. The van der Waals surface area contributed by atoms with Crippen molar-refractivity contribution in [2.24, 2.45) is 0 Å². The number of hydroxylamine groups is 1. The molecule has 0 saturated carbocycles. The zero-order valence-electron chi connectivity index (χ0n) is 8.33. The van der Waals surface area contributed by atoms with E-state index in [-0.39, 0.29) is 11.1 Å². The maximum atomic E-state index is 11.0. The highest BCUT2D eigenvalue weighted by molar-refractivity contribution is 6.42. The molecule has 2 atom stereocenters. The molecule has 1 aromatic carbocycles. The second kappa shape index (κ2) is 4.22. The lowest BCUT2D eigenvalue weighted by atomic mass is 9.96. The Bertz CT molecular complexity index is 450. The molecule has 6 heteroatoms. The molecule has 1 aromatic rings. The van der Waals surface area contributed by atoms with Crippen LogP contribution in [0.5, 0.6) is 0 Å². The molecule has 1 aliphatic heterocycles. The number of carbonyl (C=O) groups is 1. The van der Waals surface area contributed by atoms with Crippen molar-refractivity contribution in [3.63, 3.8) is 0 Å². The molecule has 2 N–H and O–H groups in total. The zero-order chi connectivity index (χ0) is 11.9. The summed E-state index contributed by atoms with van der Waals surface area (Å²) in [6, 6.07) is 3.27. The van der Waals surface area contributed by atoms with Crippen LogP contribution in [-0.2, 0) is 9.63 Å². The minimum Gasteiger partial charge on any atom is -0.479 e. The minimum atomic E-state index is -1.13. The Labute approximate surface area is 102 Å². The van der Waals surface area contributed by atoms with Crippen molar-refractivity contribution < 1.29 is 14.7 Å². The summed E-state index contributed by atoms with van der Waals surface area (Å²) >= 11 is 11.9. The normalized spacial score (nSPS) is 23.9. The van der Waals surface area contributed by atoms with Crippen molar-refractivity contribution in [1.29, 1.82) is 0 Å². The van der Waals surface area contributed by atoms with E-state index in [1.54, 1.807) is 12.1 Å². The van der Waals surface area contributed by atoms with E-state index in [1.807, 2.05) is 6.92 Å². The Morgan fingerprint density at radius 2 is 2.19 bits per heavy atom. The standard InChI is InChI=1S/C10H9Cl2NO3/c1-4-5-2-3-6(11)8(12)7(5)9(10(14)15)16-13-4/h2-4,9,13H,1H3,(H,14,15). The molecule has 4 nitrogen and oxygen atoms in total. The highest BCUT2D eigenvalue weighted by Gasteiger charge is 2.33. The second-order valence-electron chi connectivity index (χ2n) is 3.54. The number of aliphatic carboxylic acids is 1. The van der Waals surface area contributed by atoms with E-state index in [0.29, 0.717) is 10.6 Å². The van der Waals surface area contributed by atoms with Gasteiger partial charge in [-0.2, -0.15) is 5.48 Å². The number of halogens is 2. The highest BCUT2D eigenvalue weighted by Crippen LogP contribution is 2.39. The van der Waals surface area contributed by atoms with Gasteiger partial charge in [0.1, 0.15) is 0 Å². The summed E-state index contributed by atoms with van der Waals surface area (Å²) in [5.41, 5.74) is 3.84. The average Bonchev–Trinajstić information content (AvgIpc) is 2.23. The molecule has 86 valence electrons. The molecule has 0 radical (unpaired) electrons. The third-order valence-corrected chi connectivity index (χ3v) is 3.30. The predicted molar refractivity (Wildman–Crippen MR) is 59.5 cm³/mol. The van der Waals surface area contributed by atoms with Gasteiger partial charge in [-0.1, -0.05) is 29.3 Å². The molecule has 0 saturated heterocycles. The number of benzene rings is 1. The fraction of sp³-hybridized carbons (Fsp3) is 0.300. The van der Waals surface area contributed by atoms with Gasteiger partial charge in [-0.15, -0.1) is 0 Å². The lowest BCUT2D eigenvalue weighted by molar-refractivity contribution is -0.160. The van der Waals surface area contributed by atoms with Crippen molar-refractivity contribution in [2.45, 2.75) is 19.1 Å². The van der Waals surface area contributed by atoms with Gasteiger partial charge in [-0.05, 0) is 18.6 Å². The smallest absolute Gasteiger partial charge is 0.339 e. The summed E-state index contributed by atoms with van der Waals surface area (Å²) in [6.45, 7) is 1.85. The van der Waals surface area contributed by atoms with E-state index >= 15 is 0 Å². The molecule has 2 unspecified atom stereocenters. The summed E-state index contributed by atoms with van der Waals surface area (Å²) in [7, 11) is 0. The number of rotatable bonds is 1. The van der Waals surface area contributed by atoms with Crippen LogP contribution in [0, 0.1) is 0 Å². The van der Waals surface area contributed by atoms with Crippen molar-refractivity contribution in [2.75, 3.05) is 0 Å². The van der Waals surface area contributed by atoms with E-state index in [1.165, 1.54) is 0 Å².